The van der Waals surface area contributed by atoms with Gasteiger partial charge in [0.2, 0.25) is 0 Å². The van der Waals surface area contributed by atoms with E-state index in [4.69, 9.17) is 9.47 Å². The lowest BCUT2D eigenvalue weighted by atomic mass is 10.2. The number of nitrogens with one attached hydrogen (secondary N) is 2. The van der Waals surface area contributed by atoms with E-state index in [0.29, 0.717) is 18.0 Å². The first-order chi connectivity index (χ1) is 11.1. The Morgan fingerprint density at radius 2 is 1.87 bits per heavy atom. The maximum Gasteiger partial charge on any atom is 0.279 e. The van der Waals surface area contributed by atoms with Crippen molar-refractivity contribution >= 4 is 11.6 Å². The number of amides is 1. The molecule has 5 nitrogen and oxygen atoms in total. The first-order valence-corrected chi connectivity index (χ1v) is 7.49. The Bertz CT molecular complexity index is 658. The van der Waals surface area contributed by atoms with E-state index in [1.165, 1.54) is 0 Å². The average molecular weight is 315 g/mol. The van der Waals surface area contributed by atoms with Crippen LogP contribution in [-0.4, -0.2) is 33.7 Å². The molecule has 1 atom stereocenters. The van der Waals surface area contributed by atoms with Gasteiger partial charge in [-0.05, 0) is 24.3 Å². The van der Waals surface area contributed by atoms with E-state index in [-0.39, 0.29) is 5.91 Å². The van der Waals surface area contributed by atoms with Crippen molar-refractivity contribution in [1.82, 2.24) is 0 Å². The van der Waals surface area contributed by atoms with Gasteiger partial charge in [-0.1, -0.05) is 24.3 Å². The number of likely N-dealkylation sites (N-methyl/N-ethyl adjacent to an activating group) is 1. The highest BCUT2D eigenvalue weighted by molar-refractivity contribution is 5.92. The van der Waals surface area contributed by atoms with Crippen LogP contribution in [0.2, 0.25) is 0 Å². The molecule has 0 aliphatic heterocycles. The van der Waals surface area contributed by atoms with Crippen LogP contribution in [-0.2, 0) is 11.3 Å². The summed E-state index contributed by atoms with van der Waals surface area (Å²) in [7, 11) is 5.23. The number of benzene rings is 2. The Balaban J connectivity index is 1.91. The Hall–Kier alpha value is -2.53. The van der Waals surface area contributed by atoms with Crippen LogP contribution in [0, 0.1) is 0 Å². The molecule has 23 heavy (non-hydrogen) atoms. The van der Waals surface area contributed by atoms with Gasteiger partial charge in [-0.15, -0.1) is 0 Å². The Kier molecular flexibility index (Phi) is 6.00. The zero-order valence-corrected chi connectivity index (χ0v) is 13.8. The first kappa shape index (κ1) is 16.8. The molecule has 0 aromatic heterocycles. The Labute approximate surface area is 136 Å². The second-order valence-electron chi connectivity index (χ2n) is 5.41. The summed E-state index contributed by atoms with van der Waals surface area (Å²) in [6.45, 7) is 1.12. The zero-order chi connectivity index (χ0) is 16.7. The van der Waals surface area contributed by atoms with Gasteiger partial charge in [0, 0.05) is 5.56 Å². The summed E-state index contributed by atoms with van der Waals surface area (Å²) in [5.74, 6) is 1.44. The van der Waals surface area contributed by atoms with Gasteiger partial charge in [-0.3, -0.25) is 4.79 Å². The fraction of sp³-hybridized carbons (Fsp3) is 0.278. The van der Waals surface area contributed by atoms with Gasteiger partial charge in [0.1, 0.15) is 18.0 Å². The van der Waals surface area contributed by atoms with Crippen LogP contribution < -0.4 is 19.7 Å². The number of para-hydroxylation sites is 2. The number of rotatable bonds is 7. The smallest absolute Gasteiger partial charge is 0.279 e. The summed E-state index contributed by atoms with van der Waals surface area (Å²) in [5.41, 5.74) is 1.82. The van der Waals surface area contributed by atoms with Crippen LogP contribution in [0.15, 0.2) is 48.5 Å². The fourth-order valence-electron chi connectivity index (χ4n) is 2.41. The van der Waals surface area contributed by atoms with Crippen molar-refractivity contribution in [2.24, 2.45) is 0 Å². The average Bonchev–Trinajstić information content (AvgIpc) is 2.55. The highest BCUT2D eigenvalue weighted by atomic mass is 16.5. The summed E-state index contributed by atoms with van der Waals surface area (Å²) in [4.78, 5) is 13.3. The van der Waals surface area contributed by atoms with Gasteiger partial charge >= 0.3 is 0 Å². The van der Waals surface area contributed by atoms with Gasteiger partial charge in [0.15, 0.2) is 6.54 Å². The summed E-state index contributed by atoms with van der Waals surface area (Å²) < 4.78 is 10.5. The summed E-state index contributed by atoms with van der Waals surface area (Å²) >= 11 is 0. The minimum atomic E-state index is -0.0464. The molecule has 2 rings (SSSR count). The molecule has 2 aromatic rings. The molecule has 0 spiro atoms. The highest BCUT2D eigenvalue weighted by Gasteiger charge is 2.13. The number of ether oxygens (including phenoxy) is 2. The predicted octanol–water partition coefficient (Wildman–Crippen LogP) is 1.36. The Morgan fingerprint density at radius 1 is 1.09 bits per heavy atom. The van der Waals surface area contributed by atoms with E-state index in [9.17, 15) is 4.79 Å². The van der Waals surface area contributed by atoms with Crippen LogP contribution in [0.3, 0.4) is 0 Å². The van der Waals surface area contributed by atoms with E-state index in [2.05, 4.69) is 5.32 Å². The molecule has 0 radical (unpaired) electrons. The molecule has 0 saturated carbocycles. The fourth-order valence-corrected chi connectivity index (χ4v) is 2.41. The monoisotopic (exact) mass is 315 g/mol. The molecule has 0 bridgehead atoms. The zero-order valence-electron chi connectivity index (χ0n) is 13.8. The molecule has 1 amide bonds. The molecule has 1 unspecified atom stereocenters. The molecule has 5 heteroatoms. The molecule has 2 N–H and O–H groups in total. The summed E-state index contributed by atoms with van der Waals surface area (Å²) in [5, 5.41) is 2.89. The summed E-state index contributed by atoms with van der Waals surface area (Å²) in [6.07, 6.45) is 0. The topological polar surface area (TPSA) is 52.0 Å². The first-order valence-electron chi connectivity index (χ1n) is 7.49. The van der Waals surface area contributed by atoms with E-state index < -0.39 is 0 Å². The standard InChI is InChI=1S/C18H22N2O3/c1-20(12-14-7-6-8-15(11-14)22-2)13-18(21)19-16-9-4-5-10-17(16)23-3/h4-11H,12-13H2,1-3H3,(H,19,21)/p+1. The Morgan fingerprint density at radius 3 is 2.61 bits per heavy atom. The minimum absolute atomic E-state index is 0.0464. The summed E-state index contributed by atoms with van der Waals surface area (Å²) in [6, 6.07) is 15.3. The number of methoxy groups -OCH3 is 2. The van der Waals surface area contributed by atoms with E-state index >= 15 is 0 Å². The van der Waals surface area contributed by atoms with Gasteiger partial charge in [-0.25, -0.2) is 0 Å². The van der Waals surface area contributed by atoms with E-state index in [1.54, 1.807) is 14.2 Å². The van der Waals surface area contributed by atoms with Crippen molar-refractivity contribution in [2.45, 2.75) is 6.54 Å². The molecule has 0 aliphatic carbocycles. The molecule has 0 fully saturated rings. The number of carbonyl (C=O) groups is 1. The van der Waals surface area contributed by atoms with Crippen LogP contribution >= 0.6 is 0 Å². The normalized spacial score (nSPS) is 11.6. The third kappa shape index (κ3) is 5.00. The predicted molar refractivity (Wildman–Crippen MR) is 90.1 cm³/mol. The number of hydrogen-bond donors (Lipinski definition) is 2. The number of quaternary nitrogens is 1. The SMILES string of the molecule is COc1cccc(C[NH+](C)CC(=O)Nc2ccccc2OC)c1. The lowest BCUT2D eigenvalue weighted by Crippen LogP contribution is -3.08. The second kappa shape index (κ2) is 8.19. The van der Waals surface area contributed by atoms with E-state index in [1.807, 2.05) is 55.6 Å². The van der Waals surface area contributed by atoms with Crippen LogP contribution in [0.25, 0.3) is 0 Å². The van der Waals surface area contributed by atoms with Gasteiger partial charge in [0.25, 0.3) is 5.91 Å². The third-order valence-corrected chi connectivity index (χ3v) is 3.48. The molecule has 0 aliphatic rings. The molecular weight excluding hydrogens is 292 g/mol. The van der Waals surface area contributed by atoms with Crippen molar-refractivity contribution in [2.75, 3.05) is 33.1 Å². The number of anilines is 1. The number of hydrogen-bond acceptors (Lipinski definition) is 3. The second-order valence-corrected chi connectivity index (χ2v) is 5.41. The van der Waals surface area contributed by atoms with Crippen molar-refractivity contribution < 1.29 is 19.2 Å². The molecule has 0 saturated heterocycles. The van der Waals surface area contributed by atoms with Crippen molar-refractivity contribution in [3.05, 3.63) is 54.1 Å². The maximum atomic E-state index is 12.2. The molecular formula is C18H23N2O3+. The van der Waals surface area contributed by atoms with Crippen molar-refractivity contribution in [3.8, 4) is 11.5 Å². The largest absolute Gasteiger partial charge is 0.497 e. The molecule has 2 aromatic carbocycles. The van der Waals surface area contributed by atoms with Crippen LogP contribution in [0.4, 0.5) is 5.69 Å². The molecule has 0 heterocycles. The van der Waals surface area contributed by atoms with Gasteiger partial charge in [0.05, 0.1) is 27.0 Å². The maximum absolute atomic E-state index is 12.2. The highest BCUT2D eigenvalue weighted by Crippen LogP contribution is 2.22. The van der Waals surface area contributed by atoms with Crippen molar-refractivity contribution in [1.29, 1.82) is 0 Å². The lowest BCUT2D eigenvalue weighted by Gasteiger charge is -2.15. The minimum Gasteiger partial charge on any atom is -0.497 e. The third-order valence-electron chi connectivity index (χ3n) is 3.48. The lowest BCUT2D eigenvalue weighted by molar-refractivity contribution is -0.885. The quantitative estimate of drug-likeness (QED) is 0.811. The van der Waals surface area contributed by atoms with Crippen LogP contribution in [0.5, 0.6) is 11.5 Å². The van der Waals surface area contributed by atoms with Crippen molar-refractivity contribution in [3.63, 3.8) is 0 Å². The number of carbonyl (C=O) groups excluding carboxylic acids is 1. The van der Waals surface area contributed by atoms with Crippen LogP contribution in [0.1, 0.15) is 5.56 Å². The van der Waals surface area contributed by atoms with Gasteiger partial charge in [-0.2, -0.15) is 0 Å². The molecule has 122 valence electrons. The van der Waals surface area contributed by atoms with E-state index in [0.717, 1.165) is 22.8 Å². The van der Waals surface area contributed by atoms with Gasteiger partial charge < -0.3 is 19.7 Å².